The first-order chi connectivity index (χ1) is 9.13. The van der Waals surface area contributed by atoms with Gasteiger partial charge in [0.15, 0.2) is 0 Å². The van der Waals surface area contributed by atoms with Crippen LogP contribution in [-0.2, 0) is 0 Å². The molecule has 6 heteroatoms. The van der Waals surface area contributed by atoms with Gasteiger partial charge in [0.05, 0.1) is 11.8 Å². The Labute approximate surface area is 117 Å². The van der Waals surface area contributed by atoms with Gasteiger partial charge in [0.1, 0.15) is 5.76 Å². The molecule has 0 spiro atoms. The third kappa shape index (κ3) is 2.26. The molecule has 96 valence electrons. The highest BCUT2D eigenvalue weighted by Crippen LogP contribution is 2.28. The normalized spacial score (nSPS) is 10.8. The minimum Gasteiger partial charge on any atom is -0.469 e. The van der Waals surface area contributed by atoms with Crippen molar-refractivity contribution in [1.29, 1.82) is 0 Å². The average Bonchev–Trinajstić information content (AvgIpc) is 2.95. The van der Waals surface area contributed by atoms with Gasteiger partial charge in [-0.25, -0.2) is 0 Å². The number of furan rings is 1. The fraction of sp³-hybridized carbons (Fsp3) is 0.0769. The van der Waals surface area contributed by atoms with Gasteiger partial charge in [-0.2, -0.15) is 4.98 Å². The summed E-state index contributed by atoms with van der Waals surface area (Å²) in [5.74, 6) is 1.67. The summed E-state index contributed by atoms with van der Waals surface area (Å²) in [7, 11) is 0. The monoisotopic (exact) mass is 319 g/mol. The van der Waals surface area contributed by atoms with Crippen LogP contribution < -0.4 is 5.73 Å². The summed E-state index contributed by atoms with van der Waals surface area (Å²) in [4.78, 5) is 4.35. The van der Waals surface area contributed by atoms with Crippen LogP contribution in [0.3, 0.4) is 0 Å². The number of benzene rings is 1. The molecule has 0 amide bonds. The molecule has 3 aromatic rings. The molecule has 0 fully saturated rings. The molecule has 5 nitrogen and oxygen atoms in total. The zero-order valence-electron chi connectivity index (χ0n) is 10.1. The van der Waals surface area contributed by atoms with Crippen LogP contribution in [0.4, 0.5) is 5.69 Å². The number of hydrogen-bond acceptors (Lipinski definition) is 5. The molecule has 0 aliphatic carbocycles. The fourth-order valence-corrected chi connectivity index (χ4v) is 2.31. The van der Waals surface area contributed by atoms with Gasteiger partial charge in [-0.15, -0.1) is 0 Å². The lowest BCUT2D eigenvalue weighted by molar-refractivity contribution is 0.432. The number of aryl methyl sites for hydroxylation is 1. The van der Waals surface area contributed by atoms with E-state index in [1.54, 1.807) is 24.5 Å². The Hall–Kier alpha value is -2.08. The van der Waals surface area contributed by atoms with Gasteiger partial charge >= 0.3 is 0 Å². The molecule has 0 aliphatic rings. The van der Waals surface area contributed by atoms with Gasteiger partial charge in [-0.1, -0.05) is 21.1 Å². The summed E-state index contributed by atoms with van der Waals surface area (Å²) < 4.78 is 11.3. The Morgan fingerprint density at radius 3 is 2.79 bits per heavy atom. The Morgan fingerprint density at radius 1 is 1.26 bits per heavy atom. The largest absolute Gasteiger partial charge is 0.469 e. The van der Waals surface area contributed by atoms with Crippen molar-refractivity contribution in [2.24, 2.45) is 0 Å². The number of nitrogens with zero attached hydrogens (tertiary/aromatic N) is 2. The maximum atomic E-state index is 5.79. The second-order valence-corrected chi connectivity index (χ2v) is 5.00. The fourth-order valence-electron chi connectivity index (χ4n) is 1.80. The number of rotatable bonds is 2. The van der Waals surface area contributed by atoms with E-state index < -0.39 is 0 Å². The molecular weight excluding hydrogens is 310 g/mol. The minimum atomic E-state index is 0.420. The van der Waals surface area contributed by atoms with Crippen LogP contribution in [-0.4, -0.2) is 10.1 Å². The standard InChI is InChI=1S/C13H10BrN3O2/c1-7-11(2-3-18-7)12-16-13(19-17-12)8-4-9(14)6-10(15)5-8/h2-6H,15H2,1H3. The van der Waals surface area contributed by atoms with E-state index in [1.807, 2.05) is 13.0 Å². The number of hydrogen-bond donors (Lipinski definition) is 1. The Kier molecular flexibility index (Phi) is 2.87. The molecule has 0 unspecified atom stereocenters. The number of aromatic nitrogens is 2. The second-order valence-electron chi connectivity index (χ2n) is 4.09. The first-order valence-electron chi connectivity index (χ1n) is 5.58. The Balaban J connectivity index is 2.04. The predicted molar refractivity (Wildman–Crippen MR) is 74.3 cm³/mol. The number of anilines is 1. The molecule has 0 atom stereocenters. The molecule has 3 rings (SSSR count). The molecule has 1 aromatic carbocycles. The lowest BCUT2D eigenvalue weighted by Crippen LogP contribution is -1.86. The maximum Gasteiger partial charge on any atom is 0.258 e. The third-order valence-electron chi connectivity index (χ3n) is 2.69. The van der Waals surface area contributed by atoms with Crippen LogP contribution in [0.1, 0.15) is 5.76 Å². The van der Waals surface area contributed by atoms with E-state index in [0.29, 0.717) is 17.4 Å². The van der Waals surface area contributed by atoms with Crippen molar-refractivity contribution in [3.8, 4) is 22.8 Å². The van der Waals surface area contributed by atoms with E-state index in [4.69, 9.17) is 14.7 Å². The Morgan fingerprint density at radius 2 is 2.11 bits per heavy atom. The second kappa shape index (κ2) is 4.55. The summed E-state index contributed by atoms with van der Waals surface area (Å²) in [5.41, 5.74) is 8.00. The van der Waals surface area contributed by atoms with E-state index in [1.165, 1.54) is 0 Å². The summed E-state index contributed by atoms with van der Waals surface area (Å²) in [5, 5.41) is 3.95. The molecule has 2 N–H and O–H groups in total. The molecule has 19 heavy (non-hydrogen) atoms. The molecule has 0 bridgehead atoms. The Bertz CT molecular complexity index is 713. The van der Waals surface area contributed by atoms with Gasteiger partial charge < -0.3 is 14.7 Å². The van der Waals surface area contributed by atoms with Gasteiger partial charge in [0, 0.05) is 15.7 Å². The van der Waals surface area contributed by atoms with Crippen LogP contribution in [0.2, 0.25) is 0 Å². The van der Waals surface area contributed by atoms with Crippen LogP contribution in [0.5, 0.6) is 0 Å². The van der Waals surface area contributed by atoms with Crippen molar-refractivity contribution >= 4 is 21.6 Å². The lowest BCUT2D eigenvalue weighted by atomic mass is 10.2. The molecule has 0 aliphatic heterocycles. The summed E-state index contributed by atoms with van der Waals surface area (Å²) >= 11 is 3.38. The number of halogens is 1. The SMILES string of the molecule is Cc1occc1-c1noc(-c2cc(N)cc(Br)c2)n1. The molecule has 2 aromatic heterocycles. The highest BCUT2D eigenvalue weighted by atomic mass is 79.9. The van der Waals surface area contributed by atoms with E-state index >= 15 is 0 Å². The summed E-state index contributed by atoms with van der Waals surface area (Å²) in [6.45, 7) is 1.85. The summed E-state index contributed by atoms with van der Waals surface area (Å²) in [6, 6.07) is 7.26. The first-order valence-corrected chi connectivity index (χ1v) is 6.37. The van der Waals surface area contributed by atoms with Gasteiger partial charge in [0.2, 0.25) is 5.82 Å². The third-order valence-corrected chi connectivity index (χ3v) is 3.15. The van der Waals surface area contributed by atoms with Crippen molar-refractivity contribution in [3.63, 3.8) is 0 Å². The van der Waals surface area contributed by atoms with E-state index in [0.717, 1.165) is 21.4 Å². The number of nitrogens with two attached hydrogens (primary N) is 1. The molecule has 0 saturated carbocycles. The smallest absolute Gasteiger partial charge is 0.258 e. The minimum absolute atomic E-state index is 0.420. The van der Waals surface area contributed by atoms with E-state index in [9.17, 15) is 0 Å². The lowest BCUT2D eigenvalue weighted by Gasteiger charge is -1.98. The van der Waals surface area contributed by atoms with Crippen molar-refractivity contribution in [2.45, 2.75) is 6.92 Å². The van der Waals surface area contributed by atoms with Crippen LogP contribution in [0, 0.1) is 6.92 Å². The molecule has 0 radical (unpaired) electrons. The number of nitrogen functional groups attached to an aromatic ring is 1. The highest BCUT2D eigenvalue weighted by Gasteiger charge is 2.14. The van der Waals surface area contributed by atoms with E-state index in [-0.39, 0.29) is 0 Å². The van der Waals surface area contributed by atoms with E-state index in [2.05, 4.69) is 26.1 Å². The van der Waals surface area contributed by atoms with Gasteiger partial charge in [-0.3, -0.25) is 0 Å². The van der Waals surface area contributed by atoms with Gasteiger partial charge in [0.25, 0.3) is 5.89 Å². The van der Waals surface area contributed by atoms with Crippen molar-refractivity contribution < 1.29 is 8.94 Å². The molecule has 2 heterocycles. The summed E-state index contributed by atoms with van der Waals surface area (Å²) in [6.07, 6.45) is 1.60. The van der Waals surface area contributed by atoms with Crippen molar-refractivity contribution in [3.05, 3.63) is 40.8 Å². The topological polar surface area (TPSA) is 78.1 Å². The molecule has 0 saturated heterocycles. The van der Waals surface area contributed by atoms with Crippen LogP contribution in [0.15, 0.2) is 43.9 Å². The average molecular weight is 320 g/mol. The molecular formula is C13H10BrN3O2. The highest BCUT2D eigenvalue weighted by molar-refractivity contribution is 9.10. The van der Waals surface area contributed by atoms with Crippen LogP contribution in [0.25, 0.3) is 22.8 Å². The van der Waals surface area contributed by atoms with Crippen molar-refractivity contribution in [1.82, 2.24) is 10.1 Å². The van der Waals surface area contributed by atoms with Crippen LogP contribution >= 0.6 is 15.9 Å². The zero-order valence-corrected chi connectivity index (χ0v) is 11.6. The zero-order chi connectivity index (χ0) is 13.4. The maximum absolute atomic E-state index is 5.79. The quantitative estimate of drug-likeness (QED) is 0.729. The first kappa shape index (κ1) is 12.0. The predicted octanol–water partition coefficient (Wildman–Crippen LogP) is 3.65. The van der Waals surface area contributed by atoms with Crippen molar-refractivity contribution in [2.75, 3.05) is 5.73 Å². The van der Waals surface area contributed by atoms with Gasteiger partial charge in [-0.05, 0) is 31.2 Å².